The van der Waals surface area contributed by atoms with Crippen molar-refractivity contribution in [1.82, 2.24) is 0 Å². The summed E-state index contributed by atoms with van der Waals surface area (Å²) in [5, 5.41) is 12.4. The number of para-hydroxylation sites is 1. The SMILES string of the molecule is Cc1ccc(S(=O)(=O)Oc2c(Br)cc(Br)cc2/C=C(\C#N)C(=O)Nc2ccccc2Cl)cc1. The van der Waals surface area contributed by atoms with Crippen LogP contribution in [0.1, 0.15) is 11.1 Å². The highest BCUT2D eigenvalue weighted by Gasteiger charge is 2.22. The van der Waals surface area contributed by atoms with Crippen molar-refractivity contribution in [2.24, 2.45) is 0 Å². The summed E-state index contributed by atoms with van der Waals surface area (Å²) in [6.07, 6.45) is 1.24. The number of benzene rings is 3. The topological polar surface area (TPSA) is 96.3 Å². The summed E-state index contributed by atoms with van der Waals surface area (Å²) in [4.78, 5) is 12.6. The van der Waals surface area contributed by atoms with E-state index in [2.05, 4.69) is 37.2 Å². The second-order valence-corrected chi connectivity index (χ2v) is 10.5. The van der Waals surface area contributed by atoms with Gasteiger partial charge in [-0.25, -0.2) is 0 Å². The first kappa shape index (κ1) is 25.0. The molecule has 0 aliphatic heterocycles. The Morgan fingerprint density at radius 3 is 2.42 bits per heavy atom. The Bertz CT molecular complexity index is 1400. The summed E-state index contributed by atoms with van der Waals surface area (Å²) in [6.45, 7) is 1.84. The molecule has 0 aliphatic carbocycles. The Morgan fingerprint density at radius 1 is 1.12 bits per heavy atom. The maximum atomic E-state index is 12.8. The van der Waals surface area contributed by atoms with Gasteiger partial charge in [-0.2, -0.15) is 13.7 Å². The molecule has 6 nitrogen and oxygen atoms in total. The van der Waals surface area contributed by atoms with Gasteiger partial charge in [0.25, 0.3) is 5.91 Å². The molecular weight excluding hydrogens is 596 g/mol. The minimum atomic E-state index is -4.18. The van der Waals surface area contributed by atoms with E-state index in [1.54, 1.807) is 42.5 Å². The number of anilines is 1. The molecule has 0 aromatic heterocycles. The molecular formula is C23H15Br2ClN2O4S. The molecule has 0 aliphatic rings. The van der Waals surface area contributed by atoms with Crippen molar-refractivity contribution in [3.05, 3.63) is 91.3 Å². The molecule has 10 heteroatoms. The normalized spacial score (nSPS) is 11.5. The fourth-order valence-electron chi connectivity index (χ4n) is 2.69. The first-order valence-corrected chi connectivity index (χ1v) is 12.7. The van der Waals surface area contributed by atoms with Crippen LogP contribution >= 0.6 is 43.5 Å². The molecule has 0 bridgehead atoms. The Hall–Kier alpha value is -2.64. The van der Waals surface area contributed by atoms with Gasteiger partial charge in [0.05, 0.1) is 15.2 Å². The van der Waals surface area contributed by atoms with E-state index < -0.39 is 16.0 Å². The Labute approximate surface area is 213 Å². The highest BCUT2D eigenvalue weighted by molar-refractivity contribution is 9.11. The van der Waals surface area contributed by atoms with Crippen molar-refractivity contribution in [3.8, 4) is 11.8 Å². The predicted octanol–water partition coefficient (Wildman–Crippen LogP) is 6.49. The lowest BCUT2D eigenvalue weighted by atomic mass is 10.1. The molecule has 168 valence electrons. The lowest BCUT2D eigenvalue weighted by Gasteiger charge is -2.13. The van der Waals surface area contributed by atoms with Crippen molar-refractivity contribution in [2.45, 2.75) is 11.8 Å². The van der Waals surface area contributed by atoms with Crippen LogP contribution in [0.2, 0.25) is 5.02 Å². The van der Waals surface area contributed by atoms with Crippen LogP contribution in [0.5, 0.6) is 5.75 Å². The summed E-state index contributed by atoms with van der Waals surface area (Å²) in [6, 6.07) is 17.7. The van der Waals surface area contributed by atoms with Crippen LogP contribution < -0.4 is 9.50 Å². The van der Waals surface area contributed by atoms with Crippen LogP contribution in [-0.2, 0) is 14.9 Å². The first-order chi connectivity index (χ1) is 15.6. The monoisotopic (exact) mass is 608 g/mol. The summed E-state index contributed by atoms with van der Waals surface area (Å²) >= 11 is 12.7. The molecule has 3 aromatic rings. The van der Waals surface area contributed by atoms with Crippen molar-refractivity contribution >= 4 is 71.2 Å². The zero-order valence-electron chi connectivity index (χ0n) is 17.0. The number of carbonyl (C=O) groups is 1. The molecule has 0 atom stereocenters. The molecule has 33 heavy (non-hydrogen) atoms. The van der Waals surface area contributed by atoms with E-state index in [9.17, 15) is 18.5 Å². The van der Waals surface area contributed by atoms with Gasteiger partial charge in [0.1, 0.15) is 16.5 Å². The number of nitriles is 1. The Kier molecular flexibility index (Phi) is 7.97. The van der Waals surface area contributed by atoms with Crippen LogP contribution in [0.25, 0.3) is 6.08 Å². The average molecular weight is 611 g/mol. The smallest absolute Gasteiger partial charge is 0.339 e. The second-order valence-electron chi connectivity index (χ2n) is 6.76. The van der Waals surface area contributed by atoms with Crippen molar-refractivity contribution < 1.29 is 17.4 Å². The number of hydrogen-bond donors (Lipinski definition) is 1. The standard InChI is InChI=1S/C23H15Br2ClN2O4S/c1-14-6-8-18(9-7-14)33(30,31)32-22-15(11-17(24)12-19(22)25)10-16(13-27)23(29)28-21-5-3-2-4-20(21)26/h2-12H,1H3,(H,28,29)/b16-10+. The number of nitrogens with one attached hydrogen (secondary N) is 1. The van der Waals surface area contributed by atoms with Gasteiger partial charge >= 0.3 is 10.1 Å². The molecule has 1 N–H and O–H groups in total. The molecule has 0 saturated heterocycles. The largest absolute Gasteiger partial charge is 0.377 e. The number of carbonyl (C=O) groups excluding carboxylic acids is 1. The molecule has 0 saturated carbocycles. The third-order valence-electron chi connectivity index (χ3n) is 4.33. The molecule has 3 aromatic carbocycles. The van der Waals surface area contributed by atoms with Gasteiger partial charge < -0.3 is 9.50 Å². The van der Waals surface area contributed by atoms with Crippen LogP contribution in [0, 0.1) is 18.3 Å². The maximum absolute atomic E-state index is 12.8. The second kappa shape index (κ2) is 10.5. The Balaban J connectivity index is 2.01. The molecule has 0 heterocycles. The molecule has 0 radical (unpaired) electrons. The first-order valence-electron chi connectivity index (χ1n) is 9.28. The van der Waals surface area contributed by atoms with Crippen LogP contribution in [0.15, 0.2) is 80.1 Å². The van der Waals surface area contributed by atoms with Crippen LogP contribution in [0.3, 0.4) is 0 Å². The lowest BCUT2D eigenvalue weighted by Crippen LogP contribution is -2.14. The number of rotatable bonds is 6. The number of nitrogens with zero attached hydrogens (tertiary/aromatic N) is 1. The van der Waals surface area contributed by atoms with Crippen molar-refractivity contribution in [3.63, 3.8) is 0 Å². The van der Waals surface area contributed by atoms with Gasteiger partial charge in [-0.3, -0.25) is 4.79 Å². The number of aryl methyl sites for hydroxylation is 1. The van der Waals surface area contributed by atoms with E-state index in [0.29, 0.717) is 19.7 Å². The average Bonchev–Trinajstić information content (AvgIpc) is 2.76. The summed E-state index contributed by atoms with van der Waals surface area (Å²) in [5.41, 5.74) is 1.14. The summed E-state index contributed by atoms with van der Waals surface area (Å²) in [7, 11) is -4.18. The zero-order chi connectivity index (χ0) is 24.2. The molecule has 0 spiro atoms. The van der Waals surface area contributed by atoms with Crippen LogP contribution in [-0.4, -0.2) is 14.3 Å². The van der Waals surface area contributed by atoms with Crippen LogP contribution in [0.4, 0.5) is 5.69 Å². The number of amides is 1. The van der Waals surface area contributed by atoms with E-state index in [1.165, 1.54) is 24.3 Å². The van der Waals surface area contributed by atoms with E-state index in [4.69, 9.17) is 15.8 Å². The molecule has 3 rings (SSSR count). The zero-order valence-corrected chi connectivity index (χ0v) is 21.7. The Morgan fingerprint density at radius 2 is 1.79 bits per heavy atom. The quantitative estimate of drug-likeness (QED) is 0.196. The number of hydrogen-bond acceptors (Lipinski definition) is 5. The van der Waals surface area contributed by atoms with E-state index in [-0.39, 0.29) is 21.8 Å². The highest BCUT2D eigenvalue weighted by atomic mass is 79.9. The molecule has 1 amide bonds. The third kappa shape index (κ3) is 6.24. The molecule has 0 fully saturated rings. The summed E-state index contributed by atoms with van der Waals surface area (Å²) < 4.78 is 32.0. The number of halogens is 3. The van der Waals surface area contributed by atoms with E-state index in [0.717, 1.165) is 5.56 Å². The van der Waals surface area contributed by atoms with Crippen molar-refractivity contribution in [1.29, 1.82) is 5.26 Å². The minimum absolute atomic E-state index is 0.0326. The predicted molar refractivity (Wildman–Crippen MR) is 135 cm³/mol. The van der Waals surface area contributed by atoms with Gasteiger partial charge in [-0.15, -0.1) is 0 Å². The lowest BCUT2D eigenvalue weighted by molar-refractivity contribution is -0.112. The van der Waals surface area contributed by atoms with Gasteiger partial charge in [-0.1, -0.05) is 57.4 Å². The van der Waals surface area contributed by atoms with Gasteiger partial charge in [0.15, 0.2) is 5.75 Å². The molecule has 0 unspecified atom stereocenters. The fourth-order valence-corrected chi connectivity index (χ4v) is 5.29. The third-order valence-corrected chi connectivity index (χ3v) is 6.94. The fraction of sp³-hybridized carbons (Fsp3) is 0.0435. The van der Waals surface area contributed by atoms with E-state index >= 15 is 0 Å². The minimum Gasteiger partial charge on any atom is -0.377 e. The van der Waals surface area contributed by atoms with E-state index in [1.807, 2.05) is 13.0 Å². The van der Waals surface area contributed by atoms with Gasteiger partial charge in [0, 0.05) is 10.0 Å². The summed E-state index contributed by atoms with van der Waals surface area (Å²) in [5.74, 6) is -0.786. The van der Waals surface area contributed by atoms with Gasteiger partial charge in [-0.05, 0) is 65.3 Å². The van der Waals surface area contributed by atoms with Crippen molar-refractivity contribution in [2.75, 3.05) is 5.32 Å². The maximum Gasteiger partial charge on any atom is 0.339 e. The highest BCUT2D eigenvalue weighted by Crippen LogP contribution is 2.36. The van der Waals surface area contributed by atoms with Gasteiger partial charge in [0.2, 0.25) is 0 Å².